The second kappa shape index (κ2) is 6.10. The molecule has 1 aromatic carbocycles. The number of hydrogen-bond acceptors (Lipinski definition) is 5. The molecular weight excluding hydrogens is 257 g/mol. The minimum Gasteiger partial charge on any atom is -0.478 e. The summed E-state index contributed by atoms with van der Waals surface area (Å²) in [7, 11) is 3.29. The van der Waals surface area contributed by atoms with E-state index in [9.17, 15) is 19.3 Å². The molecule has 0 saturated heterocycles. The van der Waals surface area contributed by atoms with Crippen LogP contribution in [0.1, 0.15) is 10.4 Å². The van der Waals surface area contributed by atoms with Crippen LogP contribution >= 0.6 is 0 Å². The van der Waals surface area contributed by atoms with Gasteiger partial charge in [0.1, 0.15) is 17.1 Å². The predicted octanol–water partition coefficient (Wildman–Crippen LogP) is 1.09. The lowest BCUT2D eigenvalue weighted by Crippen LogP contribution is -2.27. The third-order valence-corrected chi connectivity index (χ3v) is 2.60. The maximum Gasteiger partial charge on any atom is 0.338 e. The monoisotopic (exact) mass is 271 g/mol. The van der Waals surface area contributed by atoms with E-state index in [4.69, 9.17) is 5.11 Å². The lowest BCUT2D eigenvalue weighted by atomic mass is 10.1. The van der Waals surface area contributed by atoms with Crippen LogP contribution in [0.25, 0.3) is 0 Å². The van der Waals surface area contributed by atoms with Gasteiger partial charge >= 0.3 is 5.97 Å². The molecule has 0 aliphatic heterocycles. The van der Waals surface area contributed by atoms with E-state index in [2.05, 4.69) is 5.32 Å². The van der Waals surface area contributed by atoms with Crippen molar-refractivity contribution in [1.29, 1.82) is 0 Å². The summed E-state index contributed by atoms with van der Waals surface area (Å²) < 4.78 is 13.6. The van der Waals surface area contributed by atoms with E-state index in [-0.39, 0.29) is 5.69 Å². The van der Waals surface area contributed by atoms with Crippen molar-refractivity contribution in [1.82, 2.24) is 5.32 Å². The van der Waals surface area contributed by atoms with Crippen molar-refractivity contribution in [3.8, 4) is 0 Å². The lowest BCUT2D eigenvalue weighted by molar-refractivity contribution is -0.384. The number of likely N-dealkylation sites (N-methyl/N-ethyl adjacent to an activating group) is 2. The van der Waals surface area contributed by atoms with Gasteiger partial charge in [-0.1, -0.05) is 0 Å². The van der Waals surface area contributed by atoms with Gasteiger partial charge in [-0.2, -0.15) is 0 Å². The van der Waals surface area contributed by atoms with E-state index in [1.807, 2.05) is 0 Å². The van der Waals surface area contributed by atoms with Gasteiger partial charge < -0.3 is 15.3 Å². The molecule has 0 bridgehead atoms. The summed E-state index contributed by atoms with van der Waals surface area (Å²) in [4.78, 5) is 22.5. The molecular formula is C11H14FN3O4. The smallest absolute Gasteiger partial charge is 0.338 e. The number of carboxylic acids is 1. The Morgan fingerprint density at radius 2 is 2.21 bits per heavy atom. The highest BCUT2D eigenvalue weighted by molar-refractivity contribution is 5.90. The number of nitrogens with one attached hydrogen (secondary N) is 1. The number of benzene rings is 1. The molecule has 0 unspecified atom stereocenters. The number of rotatable bonds is 6. The van der Waals surface area contributed by atoms with Crippen LogP contribution in [0.5, 0.6) is 0 Å². The number of anilines is 1. The van der Waals surface area contributed by atoms with Crippen LogP contribution in [0.2, 0.25) is 0 Å². The largest absolute Gasteiger partial charge is 0.478 e. The van der Waals surface area contributed by atoms with Gasteiger partial charge in [0, 0.05) is 32.3 Å². The number of carbonyl (C=O) groups is 1. The highest BCUT2D eigenvalue weighted by Crippen LogP contribution is 2.30. The predicted molar refractivity (Wildman–Crippen MR) is 67.2 cm³/mol. The quantitative estimate of drug-likeness (QED) is 0.594. The fraction of sp³-hybridized carbons (Fsp3) is 0.364. The van der Waals surface area contributed by atoms with Gasteiger partial charge in [-0.05, 0) is 7.05 Å². The molecule has 2 N–H and O–H groups in total. The van der Waals surface area contributed by atoms with Crippen LogP contribution in [-0.4, -0.2) is 43.2 Å². The summed E-state index contributed by atoms with van der Waals surface area (Å²) in [5.41, 5.74) is -1.10. The SMILES string of the molecule is CNCCN(C)c1cc(F)c(C(=O)O)cc1[N+](=O)[O-]. The zero-order chi connectivity index (χ0) is 14.6. The van der Waals surface area contributed by atoms with E-state index < -0.39 is 28.0 Å². The average Bonchev–Trinajstić information content (AvgIpc) is 2.34. The van der Waals surface area contributed by atoms with Crippen molar-refractivity contribution < 1.29 is 19.2 Å². The fourth-order valence-corrected chi connectivity index (χ4v) is 1.57. The lowest BCUT2D eigenvalue weighted by Gasteiger charge is -2.19. The average molecular weight is 271 g/mol. The molecule has 8 heteroatoms. The maximum absolute atomic E-state index is 13.6. The van der Waals surface area contributed by atoms with Crippen molar-refractivity contribution in [3.63, 3.8) is 0 Å². The van der Waals surface area contributed by atoms with E-state index in [0.29, 0.717) is 13.1 Å². The van der Waals surface area contributed by atoms with Crippen LogP contribution in [0, 0.1) is 15.9 Å². The Hall–Kier alpha value is -2.22. The molecule has 0 radical (unpaired) electrons. The first-order valence-electron chi connectivity index (χ1n) is 5.45. The summed E-state index contributed by atoms with van der Waals surface area (Å²) in [6, 6.07) is 1.61. The highest BCUT2D eigenvalue weighted by atomic mass is 19.1. The Labute approximate surface area is 108 Å². The van der Waals surface area contributed by atoms with Crippen LogP contribution < -0.4 is 10.2 Å². The second-order valence-electron chi connectivity index (χ2n) is 3.91. The number of nitro groups is 1. The molecule has 0 heterocycles. The third kappa shape index (κ3) is 3.38. The summed E-state index contributed by atoms with van der Waals surface area (Å²) in [6.07, 6.45) is 0. The van der Waals surface area contributed by atoms with Crippen LogP contribution in [0.4, 0.5) is 15.8 Å². The summed E-state index contributed by atoms with van der Waals surface area (Å²) >= 11 is 0. The van der Waals surface area contributed by atoms with Gasteiger partial charge in [0.15, 0.2) is 0 Å². The summed E-state index contributed by atoms with van der Waals surface area (Å²) in [5, 5.41) is 22.6. The standard InChI is InChI=1S/C11H14FN3O4/c1-13-3-4-14(2)9-6-8(12)7(11(16)17)5-10(9)15(18)19/h5-6,13H,3-4H2,1-2H3,(H,16,17). The molecule has 0 aliphatic rings. The first-order valence-corrected chi connectivity index (χ1v) is 5.45. The molecule has 0 saturated carbocycles. The van der Waals surface area contributed by atoms with Crippen molar-refractivity contribution in [2.24, 2.45) is 0 Å². The number of hydrogen-bond donors (Lipinski definition) is 2. The molecule has 0 aliphatic carbocycles. The number of aromatic carboxylic acids is 1. The van der Waals surface area contributed by atoms with Gasteiger partial charge in [0.05, 0.1) is 4.92 Å². The van der Waals surface area contributed by atoms with Crippen molar-refractivity contribution >= 4 is 17.3 Å². The first-order chi connectivity index (χ1) is 8.88. The Balaban J connectivity index is 3.26. The molecule has 0 spiro atoms. The number of nitrogens with zero attached hydrogens (tertiary/aromatic N) is 2. The topological polar surface area (TPSA) is 95.7 Å². The normalized spacial score (nSPS) is 10.3. The Morgan fingerprint density at radius 1 is 1.58 bits per heavy atom. The van der Waals surface area contributed by atoms with E-state index in [0.717, 1.165) is 12.1 Å². The van der Waals surface area contributed by atoms with Gasteiger partial charge in [0.25, 0.3) is 5.69 Å². The maximum atomic E-state index is 13.6. The summed E-state index contributed by atoms with van der Waals surface area (Å²) in [6.45, 7) is 0.971. The van der Waals surface area contributed by atoms with E-state index in [1.54, 1.807) is 14.1 Å². The molecule has 7 nitrogen and oxygen atoms in total. The number of halogens is 1. The summed E-state index contributed by atoms with van der Waals surface area (Å²) in [5.74, 6) is -2.53. The van der Waals surface area contributed by atoms with E-state index in [1.165, 1.54) is 4.90 Å². The Bertz CT molecular complexity index is 507. The molecule has 1 rings (SSSR count). The fourth-order valence-electron chi connectivity index (χ4n) is 1.57. The van der Waals surface area contributed by atoms with Crippen LogP contribution in [-0.2, 0) is 0 Å². The van der Waals surface area contributed by atoms with Crippen molar-refractivity contribution in [2.45, 2.75) is 0 Å². The number of nitro benzene ring substituents is 1. The van der Waals surface area contributed by atoms with Crippen LogP contribution in [0.3, 0.4) is 0 Å². The van der Waals surface area contributed by atoms with E-state index >= 15 is 0 Å². The van der Waals surface area contributed by atoms with Gasteiger partial charge in [0.2, 0.25) is 0 Å². The zero-order valence-electron chi connectivity index (χ0n) is 10.5. The first kappa shape index (κ1) is 14.8. The minimum atomic E-state index is -1.54. The van der Waals surface area contributed by atoms with Gasteiger partial charge in [-0.3, -0.25) is 10.1 Å². The molecule has 0 fully saturated rings. The van der Waals surface area contributed by atoms with Gasteiger partial charge in [-0.25, -0.2) is 9.18 Å². The third-order valence-electron chi connectivity index (χ3n) is 2.60. The second-order valence-corrected chi connectivity index (χ2v) is 3.91. The minimum absolute atomic E-state index is 0.0442. The molecule has 0 amide bonds. The Morgan fingerprint density at radius 3 is 2.68 bits per heavy atom. The molecule has 1 aromatic rings. The molecule has 104 valence electrons. The van der Waals surface area contributed by atoms with Crippen LogP contribution in [0.15, 0.2) is 12.1 Å². The highest BCUT2D eigenvalue weighted by Gasteiger charge is 2.23. The molecule has 0 atom stereocenters. The zero-order valence-corrected chi connectivity index (χ0v) is 10.5. The van der Waals surface area contributed by atoms with Crippen molar-refractivity contribution in [2.75, 3.05) is 32.1 Å². The van der Waals surface area contributed by atoms with Crippen molar-refractivity contribution in [3.05, 3.63) is 33.6 Å². The molecule has 0 aromatic heterocycles. The van der Waals surface area contributed by atoms with Gasteiger partial charge in [-0.15, -0.1) is 0 Å². The molecule has 19 heavy (non-hydrogen) atoms. The number of carboxylic acid groups (broad SMARTS) is 1. The Kier molecular flexibility index (Phi) is 4.76.